The first-order chi connectivity index (χ1) is 17.6. The highest BCUT2D eigenvalue weighted by atomic mass is 16.6. The highest BCUT2D eigenvalue weighted by molar-refractivity contribution is 5.93. The van der Waals surface area contributed by atoms with Gasteiger partial charge in [-0.15, -0.1) is 0 Å². The molecule has 0 fully saturated rings. The van der Waals surface area contributed by atoms with Gasteiger partial charge in [0.15, 0.2) is 0 Å². The number of carbonyl (C=O) groups excluding carboxylic acids is 1. The van der Waals surface area contributed by atoms with Crippen molar-refractivity contribution in [2.24, 2.45) is 0 Å². The van der Waals surface area contributed by atoms with Crippen LogP contribution in [0.3, 0.4) is 0 Å². The van der Waals surface area contributed by atoms with Crippen LogP contribution in [0.5, 0.6) is 0 Å². The summed E-state index contributed by atoms with van der Waals surface area (Å²) in [6.07, 6.45) is 4.62. The molecule has 1 N–H and O–H groups in total. The first-order valence-electron chi connectivity index (χ1n) is 12.2. The third kappa shape index (κ3) is 5.01. The standard InChI is InChI=1S/C33H28O3/c34-30-24-33(28-19-11-4-12-20-28,23-26-15-7-2-8-16-26)36-32(35)31(30)29(27-17-9-3-10-18-27)22-21-25-13-5-1-6-14-25/h1-22,29,34H,23-24H2. The first-order valence-corrected chi connectivity index (χ1v) is 12.2. The summed E-state index contributed by atoms with van der Waals surface area (Å²) in [6.45, 7) is 0. The summed E-state index contributed by atoms with van der Waals surface area (Å²) in [6, 6.07) is 39.3. The number of cyclic esters (lactones) is 1. The van der Waals surface area contributed by atoms with Crippen molar-refractivity contribution in [1.29, 1.82) is 0 Å². The molecule has 0 aromatic heterocycles. The number of carbonyl (C=O) groups is 1. The smallest absolute Gasteiger partial charge is 0.339 e. The van der Waals surface area contributed by atoms with Crippen LogP contribution in [0.1, 0.15) is 34.6 Å². The zero-order chi connectivity index (χ0) is 24.8. The number of hydrogen-bond acceptors (Lipinski definition) is 3. The van der Waals surface area contributed by atoms with E-state index in [1.807, 2.05) is 133 Å². The minimum absolute atomic E-state index is 0.0672. The number of aliphatic hydroxyl groups is 1. The molecule has 0 aliphatic carbocycles. The van der Waals surface area contributed by atoms with E-state index in [1.54, 1.807) is 0 Å². The summed E-state index contributed by atoms with van der Waals surface area (Å²) >= 11 is 0. The third-order valence-corrected chi connectivity index (χ3v) is 6.65. The number of esters is 1. The molecule has 0 saturated carbocycles. The van der Waals surface area contributed by atoms with Crippen LogP contribution in [-0.4, -0.2) is 11.1 Å². The van der Waals surface area contributed by atoms with Gasteiger partial charge in [0.05, 0.1) is 12.0 Å². The molecule has 4 aromatic carbocycles. The Morgan fingerprint density at radius 1 is 0.778 bits per heavy atom. The van der Waals surface area contributed by atoms with E-state index >= 15 is 0 Å². The van der Waals surface area contributed by atoms with Crippen molar-refractivity contribution in [2.45, 2.75) is 24.4 Å². The van der Waals surface area contributed by atoms with Gasteiger partial charge in [0.1, 0.15) is 11.4 Å². The molecule has 5 rings (SSSR count). The van der Waals surface area contributed by atoms with E-state index in [0.29, 0.717) is 6.42 Å². The van der Waals surface area contributed by atoms with Crippen molar-refractivity contribution >= 4 is 12.0 Å². The number of rotatable bonds is 7. The zero-order valence-corrected chi connectivity index (χ0v) is 20.0. The third-order valence-electron chi connectivity index (χ3n) is 6.65. The van der Waals surface area contributed by atoms with Crippen molar-refractivity contribution < 1.29 is 14.6 Å². The fourth-order valence-corrected chi connectivity index (χ4v) is 4.89. The maximum absolute atomic E-state index is 13.7. The van der Waals surface area contributed by atoms with Crippen molar-refractivity contribution in [1.82, 2.24) is 0 Å². The van der Waals surface area contributed by atoms with Crippen molar-refractivity contribution in [3.8, 4) is 0 Å². The van der Waals surface area contributed by atoms with Gasteiger partial charge in [-0.3, -0.25) is 0 Å². The van der Waals surface area contributed by atoms with Gasteiger partial charge in [0, 0.05) is 12.3 Å². The van der Waals surface area contributed by atoms with Crippen LogP contribution in [0.2, 0.25) is 0 Å². The molecule has 2 unspecified atom stereocenters. The molecule has 1 heterocycles. The molecule has 0 amide bonds. The monoisotopic (exact) mass is 472 g/mol. The number of ether oxygens (including phenoxy) is 1. The summed E-state index contributed by atoms with van der Waals surface area (Å²) in [5.74, 6) is -0.868. The molecule has 4 aromatic rings. The fraction of sp³-hybridized carbons (Fsp3) is 0.121. The molecule has 2 atom stereocenters. The molecular formula is C33H28O3. The number of hydrogen-bond donors (Lipinski definition) is 1. The predicted octanol–water partition coefficient (Wildman–Crippen LogP) is 7.38. The Labute approximate surface area is 212 Å². The van der Waals surface area contributed by atoms with Gasteiger partial charge in [-0.25, -0.2) is 4.79 Å². The van der Waals surface area contributed by atoms with Gasteiger partial charge in [-0.2, -0.15) is 0 Å². The molecule has 1 aliphatic rings. The minimum Gasteiger partial charge on any atom is -0.512 e. The average Bonchev–Trinajstić information content (AvgIpc) is 2.92. The largest absolute Gasteiger partial charge is 0.512 e. The Morgan fingerprint density at radius 2 is 1.33 bits per heavy atom. The Bertz CT molecular complexity index is 1360. The molecule has 36 heavy (non-hydrogen) atoms. The Morgan fingerprint density at radius 3 is 1.94 bits per heavy atom. The average molecular weight is 473 g/mol. The van der Waals surface area contributed by atoms with E-state index < -0.39 is 17.5 Å². The van der Waals surface area contributed by atoms with E-state index in [2.05, 4.69) is 0 Å². The molecule has 0 spiro atoms. The fourth-order valence-electron chi connectivity index (χ4n) is 4.89. The highest BCUT2D eigenvalue weighted by Gasteiger charge is 2.45. The van der Waals surface area contributed by atoms with Gasteiger partial charge in [-0.1, -0.05) is 133 Å². The Hall–Kier alpha value is -4.37. The predicted molar refractivity (Wildman–Crippen MR) is 143 cm³/mol. The van der Waals surface area contributed by atoms with Gasteiger partial charge >= 0.3 is 5.97 Å². The summed E-state index contributed by atoms with van der Waals surface area (Å²) in [4.78, 5) is 13.7. The molecule has 0 radical (unpaired) electrons. The summed E-state index contributed by atoms with van der Waals surface area (Å²) in [7, 11) is 0. The highest BCUT2D eigenvalue weighted by Crippen LogP contribution is 2.44. The second-order valence-electron chi connectivity index (χ2n) is 9.11. The van der Waals surface area contributed by atoms with E-state index in [-0.39, 0.29) is 17.8 Å². The lowest BCUT2D eigenvalue weighted by Crippen LogP contribution is -2.40. The van der Waals surface area contributed by atoms with E-state index in [1.165, 1.54) is 0 Å². The number of allylic oxidation sites excluding steroid dienone is 1. The Kier molecular flexibility index (Phi) is 6.81. The van der Waals surface area contributed by atoms with Crippen molar-refractivity contribution in [2.75, 3.05) is 0 Å². The van der Waals surface area contributed by atoms with Crippen LogP contribution in [0.25, 0.3) is 6.08 Å². The Balaban J connectivity index is 1.58. The quantitative estimate of drug-likeness (QED) is 0.285. The van der Waals surface area contributed by atoms with Gasteiger partial charge in [0.2, 0.25) is 0 Å². The minimum atomic E-state index is -0.988. The number of benzene rings is 4. The zero-order valence-electron chi connectivity index (χ0n) is 20.0. The topological polar surface area (TPSA) is 46.5 Å². The van der Waals surface area contributed by atoms with Crippen LogP contribution in [0.4, 0.5) is 0 Å². The molecule has 3 nitrogen and oxygen atoms in total. The van der Waals surface area contributed by atoms with Crippen LogP contribution in [-0.2, 0) is 21.6 Å². The van der Waals surface area contributed by atoms with Crippen molar-refractivity contribution in [3.05, 3.63) is 161 Å². The SMILES string of the molecule is O=C1OC(Cc2ccccc2)(c2ccccc2)CC(O)=C1C(C=Cc1ccccc1)c1ccccc1. The van der Waals surface area contributed by atoms with Gasteiger partial charge in [0.25, 0.3) is 0 Å². The number of aliphatic hydroxyl groups excluding tert-OH is 1. The van der Waals surface area contributed by atoms with E-state index in [9.17, 15) is 9.90 Å². The van der Waals surface area contributed by atoms with Crippen molar-refractivity contribution in [3.63, 3.8) is 0 Å². The molecule has 0 bridgehead atoms. The summed E-state index contributed by atoms with van der Waals surface area (Å²) in [5, 5.41) is 11.5. The second kappa shape index (κ2) is 10.5. The molecule has 1 aliphatic heterocycles. The van der Waals surface area contributed by atoms with Crippen LogP contribution >= 0.6 is 0 Å². The van der Waals surface area contributed by atoms with E-state index in [0.717, 1.165) is 22.3 Å². The summed E-state index contributed by atoms with van der Waals surface area (Å²) in [5.41, 5.74) is 3.13. The molecule has 178 valence electrons. The second-order valence-corrected chi connectivity index (χ2v) is 9.11. The molecule has 0 saturated heterocycles. The molecular weight excluding hydrogens is 444 g/mol. The normalized spacial score (nSPS) is 18.7. The lowest BCUT2D eigenvalue weighted by atomic mass is 9.78. The van der Waals surface area contributed by atoms with Gasteiger partial charge in [-0.05, 0) is 22.3 Å². The first kappa shape index (κ1) is 23.4. The van der Waals surface area contributed by atoms with Crippen LogP contribution < -0.4 is 0 Å². The summed E-state index contributed by atoms with van der Waals surface area (Å²) < 4.78 is 6.31. The maximum Gasteiger partial charge on any atom is 0.339 e. The lowest BCUT2D eigenvalue weighted by molar-refractivity contribution is -0.160. The lowest BCUT2D eigenvalue weighted by Gasteiger charge is -2.39. The van der Waals surface area contributed by atoms with Crippen LogP contribution in [0.15, 0.2) is 139 Å². The van der Waals surface area contributed by atoms with Gasteiger partial charge < -0.3 is 9.84 Å². The van der Waals surface area contributed by atoms with Crippen LogP contribution in [0, 0.1) is 0 Å². The molecule has 3 heteroatoms. The maximum atomic E-state index is 13.7. The van der Waals surface area contributed by atoms with E-state index in [4.69, 9.17) is 4.74 Å².